The van der Waals surface area contributed by atoms with Crippen LogP contribution in [0.5, 0.6) is 5.75 Å². The lowest BCUT2D eigenvalue weighted by Gasteiger charge is -2.13. The largest absolute Gasteiger partial charge is 0.494 e. The molecule has 9 heteroatoms. The Morgan fingerprint density at radius 2 is 1.65 bits per heavy atom. The van der Waals surface area contributed by atoms with Crippen molar-refractivity contribution in [3.05, 3.63) is 123 Å². The quantitative estimate of drug-likeness (QED) is 0.0915. The highest BCUT2D eigenvalue weighted by Gasteiger charge is 2.21. The zero-order chi connectivity index (χ0) is 30.1. The molecule has 0 unspecified atom stereocenters. The number of hydrogen-bond donors (Lipinski definition) is 0. The number of Topliss-reactive ketones (excluding diaryl/α,β-unsaturated/α-hetero) is 1. The molecule has 216 valence electrons. The van der Waals surface area contributed by atoms with Gasteiger partial charge in [0.2, 0.25) is 0 Å². The SMILES string of the molecule is CCOc1ccc(-n2c(C)cc(C(=O)CSc3nc4scc(-c5ccc(Cl)cc5)c4c(=O)n3-c3ccccc3)c2C)cc1. The van der Waals surface area contributed by atoms with Crippen molar-refractivity contribution in [3.8, 4) is 28.3 Å². The lowest BCUT2D eigenvalue weighted by atomic mass is 10.1. The summed E-state index contributed by atoms with van der Waals surface area (Å²) < 4.78 is 9.26. The molecule has 0 aliphatic rings. The van der Waals surface area contributed by atoms with Crippen LogP contribution in [-0.2, 0) is 0 Å². The van der Waals surface area contributed by atoms with Crippen molar-refractivity contribution in [1.29, 1.82) is 0 Å². The van der Waals surface area contributed by atoms with Gasteiger partial charge in [-0.3, -0.25) is 14.2 Å². The zero-order valence-electron chi connectivity index (χ0n) is 23.8. The van der Waals surface area contributed by atoms with Crippen LogP contribution in [0.2, 0.25) is 5.02 Å². The molecule has 0 radical (unpaired) electrons. The summed E-state index contributed by atoms with van der Waals surface area (Å²) in [5.74, 6) is 0.909. The molecule has 3 aromatic heterocycles. The van der Waals surface area contributed by atoms with Gasteiger partial charge in [-0.05, 0) is 80.9 Å². The number of thiophene rings is 1. The first-order valence-electron chi connectivity index (χ1n) is 13.8. The summed E-state index contributed by atoms with van der Waals surface area (Å²) in [6, 6.07) is 26.6. The van der Waals surface area contributed by atoms with Crippen molar-refractivity contribution in [1.82, 2.24) is 14.1 Å². The van der Waals surface area contributed by atoms with Gasteiger partial charge in [0.15, 0.2) is 10.9 Å². The molecule has 0 fully saturated rings. The fourth-order valence-electron chi connectivity index (χ4n) is 5.22. The number of fused-ring (bicyclic) bond motifs is 1. The van der Waals surface area contributed by atoms with E-state index in [1.165, 1.54) is 23.1 Å². The van der Waals surface area contributed by atoms with Crippen LogP contribution in [0.15, 0.2) is 100 Å². The number of ketones is 1. The Kier molecular flexibility index (Phi) is 8.25. The fraction of sp³-hybridized carbons (Fsp3) is 0.147. The van der Waals surface area contributed by atoms with E-state index in [2.05, 4.69) is 4.57 Å². The van der Waals surface area contributed by atoms with Crippen LogP contribution >= 0.6 is 34.7 Å². The molecule has 3 heterocycles. The maximum Gasteiger partial charge on any atom is 0.268 e. The summed E-state index contributed by atoms with van der Waals surface area (Å²) in [6.07, 6.45) is 0. The normalized spacial score (nSPS) is 11.3. The predicted octanol–water partition coefficient (Wildman–Crippen LogP) is 8.55. The highest BCUT2D eigenvalue weighted by atomic mass is 35.5. The number of halogens is 1. The van der Waals surface area contributed by atoms with E-state index in [1.807, 2.05) is 111 Å². The van der Waals surface area contributed by atoms with Gasteiger partial charge in [-0.25, -0.2) is 4.98 Å². The van der Waals surface area contributed by atoms with Gasteiger partial charge >= 0.3 is 0 Å². The molecule has 0 saturated heterocycles. The third-order valence-electron chi connectivity index (χ3n) is 7.22. The van der Waals surface area contributed by atoms with Gasteiger partial charge in [0.1, 0.15) is 10.6 Å². The number of hydrogen-bond acceptors (Lipinski definition) is 6. The van der Waals surface area contributed by atoms with Crippen molar-refractivity contribution < 1.29 is 9.53 Å². The lowest BCUT2D eigenvalue weighted by molar-refractivity contribution is 0.102. The standard InChI is InChI=1S/C34H28ClN3O3S2/c1-4-41-27-16-14-26(15-17-27)37-21(2)18-28(22(37)3)30(39)20-43-34-36-32-31(33(40)38(34)25-8-6-5-7-9-25)29(19-42-32)23-10-12-24(35)13-11-23/h5-19H,4,20H2,1-3H3. The minimum Gasteiger partial charge on any atom is -0.494 e. The van der Waals surface area contributed by atoms with Gasteiger partial charge < -0.3 is 9.30 Å². The number of nitrogens with zero attached hydrogens (tertiary/aromatic N) is 3. The number of rotatable bonds is 9. The lowest BCUT2D eigenvalue weighted by Crippen LogP contribution is -2.22. The molecule has 6 nitrogen and oxygen atoms in total. The highest BCUT2D eigenvalue weighted by molar-refractivity contribution is 7.99. The number of carbonyl (C=O) groups is 1. The molecule has 43 heavy (non-hydrogen) atoms. The molecule has 3 aromatic carbocycles. The Bertz CT molecular complexity index is 1990. The van der Waals surface area contributed by atoms with Gasteiger partial charge in [0, 0.05) is 38.6 Å². The molecule has 0 aliphatic heterocycles. The minimum absolute atomic E-state index is 0.0303. The summed E-state index contributed by atoms with van der Waals surface area (Å²) in [4.78, 5) is 33.3. The summed E-state index contributed by atoms with van der Waals surface area (Å²) in [6.45, 7) is 6.50. The van der Waals surface area contributed by atoms with Gasteiger partial charge in [0.05, 0.1) is 23.4 Å². The molecule has 0 saturated carbocycles. The van der Waals surface area contributed by atoms with E-state index in [9.17, 15) is 9.59 Å². The highest BCUT2D eigenvalue weighted by Crippen LogP contribution is 2.34. The third-order valence-corrected chi connectivity index (χ3v) is 9.28. The van der Waals surface area contributed by atoms with Crippen LogP contribution in [0.1, 0.15) is 28.7 Å². The molecule has 0 amide bonds. The fourth-order valence-corrected chi connectivity index (χ4v) is 7.23. The Hall–Kier alpha value is -4.11. The number of thioether (sulfide) groups is 1. The van der Waals surface area contributed by atoms with Crippen LogP contribution < -0.4 is 10.3 Å². The third kappa shape index (κ3) is 5.66. The number of aromatic nitrogens is 3. The zero-order valence-corrected chi connectivity index (χ0v) is 26.2. The number of para-hydroxylation sites is 1. The maximum absolute atomic E-state index is 14.1. The van der Waals surface area contributed by atoms with E-state index in [4.69, 9.17) is 21.3 Å². The second-order valence-electron chi connectivity index (χ2n) is 9.97. The molecule has 0 aliphatic carbocycles. The first-order chi connectivity index (χ1) is 20.9. The number of carbonyl (C=O) groups excluding carboxylic acids is 1. The Labute approximate surface area is 262 Å². The van der Waals surface area contributed by atoms with Crippen molar-refractivity contribution in [2.75, 3.05) is 12.4 Å². The van der Waals surface area contributed by atoms with E-state index < -0.39 is 0 Å². The van der Waals surface area contributed by atoms with Crippen LogP contribution in [-0.4, -0.2) is 32.3 Å². The maximum atomic E-state index is 14.1. The summed E-state index contributed by atoms with van der Waals surface area (Å²) in [5, 5.41) is 3.60. The summed E-state index contributed by atoms with van der Waals surface area (Å²) in [5.41, 5.74) is 5.66. The number of ether oxygens (including phenoxy) is 1. The van der Waals surface area contributed by atoms with E-state index in [-0.39, 0.29) is 17.1 Å². The van der Waals surface area contributed by atoms with E-state index in [0.29, 0.717) is 38.3 Å². The molecule has 0 bridgehead atoms. The summed E-state index contributed by atoms with van der Waals surface area (Å²) >= 11 is 8.80. The second-order valence-corrected chi connectivity index (χ2v) is 12.2. The summed E-state index contributed by atoms with van der Waals surface area (Å²) in [7, 11) is 0. The molecule has 0 N–H and O–H groups in total. The topological polar surface area (TPSA) is 66.1 Å². The molecule has 6 rings (SSSR count). The smallest absolute Gasteiger partial charge is 0.268 e. The molecular weight excluding hydrogens is 598 g/mol. The van der Waals surface area contributed by atoms with E-state index >= 15 is 0 Å². The predicted molar refractivity (Wildman–Crippen MR) is 177 cm³/mol. The van der Waals surface area contributed by atoms with Gasteiger partial charge in [-0.2, -0.15) is 0 Å². The molecular formula is C34H28ClN3O3S2. The first-order valence-corrected chi connectivity index (χ1v) is 16.0. The number of benzene rings is 3. The molecule has 6 aromatic rings. The molecule has 0 spiro atoms. The van der Waals surface area contributed by atoms with Crippen LogP contribution in [0.25, 0.3) is 32.7 Å². The van der Waals surface area contributed by atoms with E-state index in [0.717, 1.165) is 34.0 Å². The Morgan fingerprint density at radius 1 is 0.953 bits per heavy atom. The van der Waals surface area contributed by atoms with Gasteiger partial charge in [-0.15, -0.1) is 11.3 Å². The monoisotopic (exact) mass is 625 g/mol. The Morgan fingerprint density at radius 3 is 2.35 bits per heavy atom. The van der Waals surface area contributed by atoms with Crippen LogP contribution in [0.4, 0.5) is 0 Å². The minimum atomic E-state index is -0.175. The average Bonchev–Trinajstić information content (AvgIpc) is 3.57. The van der Waals surface area contributed by atoms with Crippen molar-refractivity contribution >= 4 is 50.7 Å². The van der Waals surface area contributed by atoms with Gasteiger partial charge in [0.25, 0.3) is 5.56 Å². The molecule has 0 atom stereocenters. The van der Waals surface area contributed by atoms with Crippen molar-refractivity contribution in [2.24, 2.45) is 0 Å². The van der Waals surface area contributed by atoms with Crippen molar-refractivity contribution in [2.45, 2.75) is 25.9 Å². The number of aryl methyl sites for hydroxylation is 1. The Balaban J connectivity index is 1.35. The van der Waals surface area contributed by atoms with E-state index in [1.54, 1.807) is 4.57 Å². The van der Waals surface area contributed by atoms with Crippen molar-refractivity contribution in [3.63, 3.8) is 0 Å². The second kappa shape index (κ2) is 12.2. The average molecular weight is 626 g/mol. The van der Waals surface area contributed by atoms with Crippen LogP contribution in [0, 0.1) is 13.8 Å². The first kappa shape index (κ1) is 29.0. The van der Waals surface area contributed by atoms with Gasteiger partial charge in [-0.1, -0.05) is 53.7 Å². The van der Waals surface area contributed by atoms with Crippen LogP contribution in [0.3, 0.4) is 0 Å².